The number of pyridine rings is 1. The maximum Gasteiger partial charge on any atom is 0.207 e. The number of hydrogen-bond acceptors (Lipinski definition) is 4. The van der Waals surface area contributed by atoms with Gasteiger partial charge in [0, 0.05) is 30.5 Å². The summed E-state index contributed by atoms with van der Waals surface area (Å²) in [4.78, 5) is 10.9. The zero-order valence-electron chi connectivity index (χ0n) is 12.1. The van der Waals surface area contributed by atoms with Gasteiger partial charge in [-0.05, 0) is 46.6 Å². The smallest absolute Gasteiger partial charge is 0.207 e. The number of fused-ring (bicyclic) bond motifs is 1. The summed E-state index contributed by atoms with van der Waals surface area (Å²) >= 11 is 3.40. The fourth-order valence-electron chi connectivity index (χ4n) is 2.43. The summed E-state index contributed by atoms with van der Waals surface area (Å²) in [6.07, 6.45) is 1.75. The fourth-order valence-corrected chi connectivity index (χ4v) is 2.75. The Hall–Kier alpha value is -2.08. The third-order valence-electron chi connectivity index (χ3n) is 3.42. The number of imidazole rings is 1. The van der Waals surface area contributed by atoms with Crippen LogP contribution in [-0.4, -0.2) is 28.6 Å². The van der Waals surface area contributed by atoms with Crippen LogP contribution in [0.2, 0.25) is 0 Å². The molecule has 5 nitrogen and oxygen atoms in total. The molecule has 0 atom stereocenters. The van der Waals surface area contributed by atoms with Gasteiger partial charge >= 0.3 is 0 Å². The van der Waals surface area contributed by atoms with Gasteiger partial charge in [0.05, 0.1) is 5.69 Å². The highest BCUT2D eigenvalue weighted by molar-refractivity contribution is 9.10. The minimum atomic E-state index is 0.434. The van der Waals surface area contributed by atoms with E-state index < -0.39 is 0 Å². The highest BCUT2D eigenvalue weighted by Crippen LogP contribution is 2.27. The maximum atomic E-state index is 6.08. The van der Waals surface area contributed by atoms with Crippen molar-refractivity contribution in [1.29, 1.82) is 0 Å². The Morgan fingerprint density at radius 3 is 2.71 bits per heavy atom. The lowest BCUT2D eigenvalue weighted by atomic mass is 10.1. The summed E-state index contributed by atoms with van der Waals surface area (Å²) in [6.45, 7) is 2.09. The van der Waals surface area contributed by atoms with Gasteiger partial charge in [-0.2, -0.15) is 0 Å². The zero-order chi connectivity index (χ0) is 15.1. The van der Waals surface area contributed by atoms with E-state index in [2.05, 4.69) is 49.9 Å². The summed E-state index contributed by atoms with van der Waals surface area (Å²) in [5.74, 6) is 0.434. The van der Waals surface area contributed by atoms with Crippen LogP contribution in [0.25, 0.3) is 16.9 Å². The molecule has 1 aromatic carbocycles. The lowest BCUT2D eigenvalue weighted by Crippen LogP contribution is -2.11. The second kappa shape index (κ2) is 5.04. The Labute approximate surface area is 131 Å². The molecule has 3 aromatic rings. The number of nitrogens with two attached hydrogens (primary N) is 1. The van der Waals surface area contributed by atoms with E-state index in [4.69, 9.17) is 5.73 Å². The van der Waals surface area contributed by atoms with Crippen molar-refractivity contribution in [2.24, 2.45) is 0 Å². The predicted octanol–water partition coefficient (Wildman–Crippen LogP) is 3.14. The van der Waals surface area contributed by atoms with Crippen LogP contribution in [0.15, 0.2) is 34.9 Å². The first-order chi connectivity index (χ1) is 9.97. The van der Waals surface area contributed by atoms with E-state index in [1.165, 1.54) is 5.56 Å². The lowest BCUT2D eigenvalue weighted by molar-refractivity contribution is 1.06. The molecule has 0 saturated heterocycles. The van der Waals surface area contributed by atoms with Crippen LogP contribution in [0.1, 0.15) is 5.56 Å². The number of nitrogen functional groups attached to an aromatic ring is 1. The third kappa shape index (κ3) is 2.35. The SMILES string of the molecule is Cc1ccc(-n2c(N)nc3cc(Br)cnc32)cc1N(C)C. The highest BCUT2D eigenvalue weighted by atomic mass is 79.9. The number of aryl methyl sites for hydroxylation is 1. The van der Waals surface area contributed by atoms with Crippen molar-refractivity contribution in [1.82, 2.24) is 14.5 Å². The van der Waals surface area contributed by atoms with Gasteiger partial charge in [0.15, 0.2) is 5.65 Å². The van der Waals surface area contributed by atoms with Crippen molar-refractivity contribution in [3.05, 3.63) is 40.5 Å². The monoisotopic (exact) mass is 345 g/mol. The van der Waals surface area contributed by atoms with E-state index in [-0.39, 0.29) is 0 Å². The minimum absolute atomic E-state index is 0.434. The van der Waals surface area contributed by atoms with E-state index >= 15 is 0 Å². The molecular formula is C15H16BrN5. The number of benzene rings is 1. The molecule has 0 aliphatic rings. The Bertz CT molecular complexity index is 822. The van der Waals surface area contributed by atoms with E-state index in [0.717, 1.165) is 27.0 Å². The average molecular weight is 346 g/mol. The van der Waals surface area contributed by atoms with E-state index in [9.17, 15) is 0 Å². The number of halogens is 1. The minimum Gasteiger partial charge on any atom is -0.377 e. The van der Waals surface area contributed by atoms with Gasteiger partial charge in [-0.3, -0.25) is 4.57 Å². The van der Waals surface area contributed by atoms with Crippen LogP contribution >= 0.6 is 15.9 Å². The Kier molecular flexibility index (Phi) is 3.33. The summed E-state index contributed by atoms with van der Waals surface area (Å²) in [6, 6.07) is 8.12. The van der Waals surface area contributed by atoms with Gasteiger partial charge in [0.25, 0.3) is 0 Å². The molecule has 0 unspecified atom stereocenters. The first-order valence-corrected chi connectivity index (χ1v) is 7.34. The molecule has 2 aromatic heterocycles. The number of rotatable bonds is 2. The molecule has 0 aliphatic heterocycles. The first kappa shape index (κ1) is 13.9. The second-order valence-corrected chi connectivity index (χ2v) is 6.08. The first-order valence-electron chi connectivity index (χ1n) is 6.55. The Morgan fingerprint density at radius 1 is 1.24 bits per heavy atom. The predicted molar refractivity (Wildman–Crippen MR) is 90.0 cm³/mol. The van der Waals surface area contributed by atoms with Crippen molar-refractivity contribution < 1.29 is 0 Å². The summed E-state index contributed by atoms with van der Waals surface area (Å²) in [5.41, 5.74) is 10.9. The van der Waals surface area contributed by atoms with Crippen LogP contribution in [0, 0.1) is 6.92 Å². The van der Waals surface area contributed by atoms with Crippen LogP contribution in [0.3, 0.4) is 0 Å². The molecule has 21 heavy (non-hydrogen) atoms. The molecule has 3 rings (SSSR count). The third-order valence-corrected chi connectivity index (χ3v) is 3.86. The van der Waals surface area contributed by atoms with Crippen LogP contribution in [0.5, 0.6) is 0 Å². The maximum absolute atomic E-state index is 6.08. The molecule has 0 aliphatic carbocycles. The Morgan fingerprint density at radius 2 is 2.00 bits per heavy atom. The number of anilines is 2. The summed E-state index contributed by atoms with van der Waals surface area (Å²) in [7, 11) is 4.05. The van der Waals surface area contributed by atoms with Crippen LogP contribution in [0.4, 0.5) is 11.6 Å². The van der Waals surface area contributed by atoms with Crippen LogP contribution in [-0.2, 0) is 0 Å². The number of hydrogen-bond donors (Lipinski definition) is 1. The summed E-state index contributed by atoms with van der Waals surface area (Å²) < 4.78 is 2.76. The number of aromatic nitrogens is 3. The zero-order valence-corrected chi connectivity index (χ0v) is 13.7. The van der Waals surface area contributed by atoms with Gasteiger partial charge in [0.1, 0.15) is 5.52 Å². The van der Waals surface area contributed by atoms with Crippen LogP contribution < -0.4 is 10.6 Å². The Balaban J connectivity index is 2.25. The largest absolute Gasteiger partial charge is 0.377 e. The van der Waals surface area contributed by atoms with Crippen molar-refractivity contribution in [3.8, 4) is 5.69 Å². The molecule has 2 heterocycles. The standard InChI is InChI=1S/C15H16BrN5/c1-9-4-5-11(7-13(9)20(2)3)21-14-12(19-15(21)17)6-10(16)8-18-14/h4-8H,1-3H3,(H2,17,19). The van der Waals surface area contributed by atoms with Gasteiger partial charge in [-0.15, -0.1) is 0 Å². The quantitative estimate of drug-likeness (QED) is 0.774. The van der Waals surface area contributed by atoms with Gasteiger partial charge in [-0.1, -0.05) is 6.07 Å². The van der Waals surface area contributed by atoms with E-state index in [1.54, 1.807) is 6.20 Å². The fraction of sp³-hybridized carbons (Fsp3) is 0.200. The topological polar surface area (TPSA) is 60.0 Å². The molecule has 0 spiro atoms. The van der Waals surface area contributed by atoms with E-state index in [0.29, 0.717) is 5.95 Å². The van der Waals surface area contributed by atoms with Crippen molar-refractivity contribution in [2.45, 2.75) is 6.92 Å². The van der Waals surface area contributed by atoms with Crippen molar-refractivity contribution in [2.75, 3.05) is 24.7 Å². The molecule has 2 N–H and O–H groups in total. The molecule has 0 bridgehead atoms. The molecule has 0 radical (unpaired) electrons. The summed E-state index contributed by atoms with van der Waals surface area (Å²) in [5, 5.41) is 0. The lowest BCUT2D eigenvalue weighted by Gasteiger charge is -2.17. The van der Waals surface area contributed by atoms with Crippen molar-refractivity contribution >= 4 is 38.7 Å². The average Bonchev–Trinajstić information content (AvgIpc) is 2.74. The second-order valence-electron chi connectivity index (χ2n) is 5.17. The van der Waals surface area contributed by atoms with E-state index in [1.807, 2.05) is 30.8 Å². The molecular weight excluding hydrogens is 330 g/mol. The molecule has 0 amide bonds. The van der Waals surface area contributed by atoms with Gasteiger partial charge in [-0.25, -0.2) is 9.97 Å². The normalized spacial score (nSPS) is 11.0. The molecule has 0 saturated carbocycles. The van der Waals surface area contributed by atoms with Gasteiger partial charge in [0.2, 0.25) is 5.95 Å². The molecule has 108 valence electrons. The van der Waals surface area contributed by atoms with Crippen molar-refractivity contribution in [3.63, 3.8) is 0 Å². The van der Waals surface area contributed by atoms with Gasteiger partial charge < -0.3 is 10.6 Å². The molecule has 0 fully saturated rings. The number of nitrogens with zero attached hydrogens (tertiary/aromatic N) is 4. The highest BCUT2D eigenvalue weighted by Gasteiger charge is 2.13. The molecule has 6 heteroatoms.